The van der Waals surface area contributed by atoms with Gasteiger partial charge in [-0.25, -0.2) is 4.98 Å². The van der Waals surface area contributed by atoms with E-state index in [4.69, 9.17) is 5.11 Å². The normalized spacial score (nSPS) is 16.3. The first kappa shape index (κ1) is 8.20. The third-order valence-corrected chi connectivity index (χ3v) is 1.57. The molecule has 0 fully saturated rings. The smallest absolute Gasteiger partial charge is 0.137 e. The lowest BCUT2D eigenvalue weighted by Gasteiger charge is -2.12. The van der Waals surface area contributed by atoms with Crippen LogP contribution < -0.4 is 0 Å². The van der Waals surface area contributed by atoms with Crippen LogP contribution in [0.15, 0.2) is 12.7 Å². The van der Waals surface area contributed by atoms with E-state index in [2.05, 4.69) is 10.1 Å². The molecule has 0 aliphatic heterocycles. The van der Waals surface area contributed by atoms with Crippen LogP contribution in [0.3, 0.4) is 0 Å². The van der Waals surface area contributed by atoms with Gasteiger partial charge in [0.1, 0.15) is 12.7 Å². The Bertz CT molecular complexity index is 195. The molecule has 11 heavy (non-hydrogen) atoms. The number of rotatable bonds is 3. The highest BCUT2D eigenvalue weighted by Crippen LogP contribution is 2.09. The first-order valence-corrected chi connectivity index (χ1v) is 3.72. The van der Waals surface area contributed by atoms with Gasteiger partial charge < -0.3 is 5.11 Å². The van der Waals surface area contributed by atoms with E-state index in [-0.39, 0.29) is 12.1 Å². The van der Waals surface area contributed by atoms with E-state index in [0.717, 1.165) is 0 Å². The molecule has 4 heteroatoms. The molecule has 0 saturated carbocycles. The van der Waals surface area contributed by atoms with Gasteiger partial charge in [0.15, 0.2) is 0 Å². The second-order valence-corrected chi connectivity index (χ2v) is 2.81. The summed E-state index contributed by atoms with van der Waals surface area (Å²) in [5.74, 6) is 0. The monoisotopic (exact) mass is 155 g/mol. The largest absolute Gasteiger partial charge is 0.393 e. The third-order valence-electron chi connectivity index (χ3n) is 1.57. The van der Waals surface area contributed by atoms with E-state index in [9.17, 15) is 0 Å². The van der Waals surface area contributed by atoms with Gasteiger partial charge in [-0.05, 0) is 20.3 Å². The van der Waals surface area contributed by atoms with E-state index in [1.165, 1.54) is 6.33 Å². The minimum Gasteiger partial charge on any atom is -0.393 e. The van der Waals surface area contributed by atoms with E-state index < -0.39 is 0 Å². The summed E-state index contributed by atoms with van der Waals surface area (Å²) in [6, 6.07) is 0.220. The highest BCUT2D eigenvalue weighted by Gasteiger charge is 2.07. The number of aliphatic hydroxyl groups is 1. The Labute approximate surface area is 65.9 Å². The summed E-state index contributed by atoms with van der Waals surface area (Å²) in [6.45, 7) is 3.77. The molecule has 4 nitrogen and oxygen atoms in total. The zero-order valence-corrected chi connectivity index (χ0v) is 6.81. The van der Waals surface area contributed by atoms with Crippen molar-refractivity contribution in [2.45, 2.75) is 32.4 Å². The van der Waals surface area contributed by atoms with Gasteiger partial charge in [-0.3, -0.25) is 4.68 Å². The van der Waals surface area contributed by atoms with E-state index in [0.29, 0.717) is 6.42 Å². The standard InChI is InChI=1S/C7H13N3O/c1-6(3-7(2)11)10-5-8-4-9-10/h4-7,11H,3H2,1-2H3. The molecule has 0 bridgehead atoms. The molecule has 1 aromatic rings. The lowest BCUT2D eigenvalue weighted by Crippen LogP contribution is -2.12. The Morgan fingerprint density at radius 1 is 1.55 bits per heavy atom. The fraction of sp³-hybridized carbons (Fsp3) is 0.714. The minimum atomic E-state index is -0.283. The highest BCUT2D eigenvalue weighted by molar-refractivity contribution is 4.66. The van der Waals surface area contributed by atoms with Crippen molar-refractivity contribution in [3.8, 4) is 0 Å². The first-order valence-electron chi connectivity index (χ1n) is 3.72. The average molecular weight is 155 g/mol. The molecule has 1 heterocycles. The fourth-order valence-corrected chi connectivity index (χ4v) is 1.05. The van der Waals surface area contributed by atoms with E-state index in [1.54, 1.807) is 17.9 Å². The van der Waals surface area contributed by atoms with Gasteiger partial charge in [0.05, 0.1) is 12.1 Å². The second-order valence-electron chi connectivity index (χ2n) is 2.81. The first-order chi connectivity index (χ1) is 5.20. The summed E-state index contributed by atoms with van der Waals surface area (Å²) >= 11 is 0. The molecule has 0 amide bonds. The minimum absolute atomic E-state index is 0.220. The molecule has 1 N–H and O–H groups in total. The maximum absolute atomic E-state index is 9.06. The predicted octanol–water partition coefficient (Wildman–Crippen LogP) is 0.610. The van der Waals surface area contributed by atoms with Crippen molar-refractivity contribution in [2.75, 3.05) is 0 Å². The van der Waals surface area contributed by atoms with Crippen molar-refractivity contribution in [3.63, 3.8) is 0 Å². The van der Waals surface area contributed by atoms with Gasteiger partial charge in [-0.15, -0.1) is 0 Å². The maximum atomic E-state index is 9.06. The lowest BCUT2D eigenvalue weighted by molar-refractivity contribution is 0.162. The Hall–Kier alpha value is -0.900. The van der Waals surface area contributed by atoms with Crippen molar-refractivity contribution >= 4 is 0 Å². The number of aliphatic hydroxyl groups excluding tert-OH is 1. The topological polar surface area (TPSA) is 50.9 Å². The summed E-state index contributed by atoms with van der Waals surface area (Å²) in [5, 5.41) is 13.0. The molecule has 1 aromatic heterocycles. The zero-order valence-electron chi connectivity index (χ0n) is 6.81. The van der Waals surface area contributed by atoms with E-state index in [1.807, 2.05) is 6.92 Å². The third kappa shape index (κ3) is 2.31. The molecule has 2 atom stereocenters. The van der Waals surface area contributed by atoms with Crippen LogP contribution in [0, 0.1) is 0 Å². The fourth-order valence-electron chi connectivity index (χ4n) is 1.05. The Balaban J connectivity index is 2.49. The number of nitrogens with zero attached hydrogens (tertiary/aromatic N) is 3. The molecule has 0 spiro atoms. The summed E-state index contributed by atoms with van der Waals surface area (Å²) in [5.41, 5.74) is 0. The molecule has 0 aromatic carbocycles. The summed E-state index contributed by atoms with van der Waals surface area (Å²) in [4.78, 5) is 3.82. The number of hydrogen-bond acceptors (Lipinski definition) is 3. The molecule has 62 valence electrons. The quantitative estimate of drug-likeness (QED) is 0.695. The number of hydrogen-bond donors (Lipinski definition) is 1. The van der Waals surface area contributed by atoms with Crippen LogP contribution in [0.2, 0.25) is 0 Å². The van der Waals surface area contributed by atoms with Crippen molar-refractivity contribution in [3.05, 3.63) is 12.7 Å². The highest BCUT2D eigenvalue weighted by atomic mass is 16.3. The molecular formula is C7H13N3O. The van der Waals surface area contributed by atoms with Gasteiger partial charge in [0, 0.05) is 0 Å². The Morgan fingerprint density at radius 2 is 2.27 bits per heavy atom. The Kier molecular flexibility index (Phi) is 2.59. The van der Waals surface area contributed by atoms with Crippen LogP contribution >= 0.6 is 0 Å². The van der Waals surface area contributed by atoms with Crippen LogP contribution in [-0.4, -0.2) is 26.0 Å². The summed E-state index contributed by atoms with van der Waals surface area (Å²) in [6.07, 6.45) is 3.59. The lowest BCUT2D eigenvalue weighted by atomic mass is 10.2. The molecule has 0 aliphatic rings. The molecule has 2 unspecified atom stereocenters. The Morgan fingerprint density at radius 3 is 2.73 bits per heavy atom. The number of aromatic nitrogens is 3. The van der Waals surface area contributed by atoms with Gasteiger partial charge in [0.2, 0.25) is 0 Å². The molecule has 1 rings (SSSR count). The maximum Gasteiger partial charge on any atom is 0.137 e. The van der Waals surface area contributed by atoms with Crippen molar-refractivity contribution in [2.24, 2.45) is 0 Å². The summed E-state index contributed by atoms with van der Waals surface area (Å²) < 4.78 is 1.74. The van der Waals surface area contributed by atoms with Crippen LogP contribution in [0.1, 0.15) is 26.3 Å². The van der Waals surface area contributed by atoms with Crippen LogP contribution in [-0.2, 0) is 0 Å². The van der Waals surface area contributed by atoms with Gasteiger partial charge in [0.25, 0.3) is 0 Å². The van der Waals surface area contributed by atoms with E-state index >= 15 is 0 Å². The van der Waals surface area contributed by atoms with Crippen molar-refractivity contribution in [1.82, 2.24) is 14.8 Å². The molecular weight excluding hydrogens is 142 g/mol. The van der Waals surface area contributed by atoms with Gasteiger partial charge >= 0.3 is 0 Å². The van der Waals surface area contributed by atoms with Gasteiger partial charge in [-0.2, -0.15) is 5.10 Å². The SMILES string of the molecule is CC(O)CC(C)n1cncn1. The molecule has 0 aliphatic carbocycles. The van der Waals surface area contributed by atoms with Crippen molar-refractivity contribution < 1.29 is 5.11 Å². The average Bonchev–Trinajstić information content (AvgIpc) is 2.35. The van der Waals surface area contributed by atoms with Crippen LogP contribution in [0.4, 0.5) is 0 Å². The second kappa shape index (κ2) is 3.48. The van der Waals surface area contributed by atoms with Crippen LogP contribution in [0.25, 0.3) is 0 Å². The van der Waals surface area contributed by atoms with Crippen LogP contribution in [0.5, 0.6) is 0 Å². The summed E-state index contributed by atoms with van der Waals surface area (Å²) in [7, 11) is 0. The zero-order chi connectivity index (χ0) is 8.27. The molecule has 0 radical (unpaired) electrons. The molecule has 0 saturated heterocycles. The van der Waals surface area contributed by atoms with Crippen molar-refractivity contribution in [1.29, 1.82) is 0 Å². The predicted molar refractivity (Wildman–Crippen MR) is 41.0 cm³/mol. The van der Waals surface area contributed by atoms with Gasteiger partial charge in [-0.1, -0.05) is 0 Å².